The lowest BCUT2D eigenvalue weighted by molar-refractivity contribution is 0.0673. The highest BCUT2D eigenvalue weighted by Gasteiger charge is 2.24. The lowest BCUT2D eigenvalue weighted by Gasteiger charge is -2.28. The number of piperidine rings is 1. The van der Waals surface area contributed by atoms with Crippen molar-refractivity contribution in [1.82, 2.24) is 25.2 Å². The first-order valence-corrected chi connectivity index (χ1v) is 9.60. The van der Waals surface area contributed by atoms with Gasteiger partial charge in [-0.25, -0.2) is 4.68 Å². The van der Waals surface area contributed by atoms with Crippen LogP contribution in [-0.2, 0) is 0 Å². The van der Waals surface area contributed by atoms with Crippen molar-refractivity contribution < 1.29 is 4.79 Å². The Hall–Kier alpha value is -1.43. The Bertz CT molecular complexity index is 495. The minimum absolute atomic E-state index is 0.0345. The smallest absolute Gasteiger partial charge is 0.276 e. The standard InChI is InChI=1S/C18H33N5O/c1-4-6-7-13-22(15(3)8-5-2)18(24)17-14-23(21-20-17)16-9-11-19-12-10-16/h14-16,19H,4-13H2,1-3H3. The Morgan fingerprint density at radius 1 is 1.33 bits per heavy atom. The van der Waals surface area contributed by atoms with Crippen molar-refractivity contribution in [3.05, 3.63) is 11.9 Å². The zero-order valence-electron chi connectivity index (χ0n) is 15.5. The largest absolute Gasteiger partial charge is 0.335 e. The molecule has 1 aliphatic rings. The van der Waals surface area contributed by atoms with E-state index in [4.69, 9.17) is 0 Å². The lowest BCUT2D eigenvalue weighted by Crippen LogP contribution is -2.39. The van der Waals surface area contributed by atoms with Crippen molar-refractivity contribution in [3.63, 3.8) is 0 Å². The molecule has 1 aliphatic heterocycles. The first-order valence-electron chi connectivity index (χ1n) is 9.60. The Morgan fingerprint density at radius 2 is 2.08 bits per heavy atom. The number of amides is 1. The third-order valence-electron chi connectivity index (χ3n) is 4.91. The van der Waals surface area contributed by atoms with Gasteiger partial charge in [0.2, 0.25) is 0 Å². The highest BCUT2D eigenvalue weighted by atomic mass is 16.2. The number of nitrogens with zero attached hydrogens (tertiary/aromatic N) is 4. The van der Waals surface area contributed by atoms with Gasteiger partial charge >= 0.3 is 0 Å². The number of aromatic nitrogens is 3. The minimum atomic E-state index is 0.0345. The van der Waals surface area contributed by atoms with Gasteiger partial charge in [0.15, 0.2) is 5.69 Å². The molecule has 1 saturated heterocycles. The van der Waals surface area contributed by atoms with E-state index in [9.17, 15) is 4.79 Å². The summed E-state index contributed by atoms with van der Waals surface area (Å²) in [5, 5.41) is 11.8. The first-order chi connectivity index (χ1) is 11.7. The maximum Gasteiger partial charge on any atom is 0.276 e. The zero-order valence-corrected chi connectivity index (χ0v) is 15.5. The molecule has 1 amide bonds. The van der Waals surface area contributed by atoms with Crippen LogP contribution in [0.4, 0.5) is 0 Å². The van der Waals surface area contributed by atoms with Crippen molar-refractivity contribution in [1.29, 1.82) is 0 Å². The molecule has 1 aromatic heterocycles. The average Bonchev–Trinajstić information content (AvgIpc) is 3.09. The summed E-state index contributed by atoms with van der Waals surface area (Å²) in [6.07, 6.45) is 9.43. The SMILES string of the molecule is CCCCCN(C(=O)c1cn(C2CCNCC2)nn1)C(C)CCC. The monoisotopic (exact) mass is 335 g/mol. The van der Waals surface area contributed by atoms with Crippen LogP contribution in [0, 0.1) is 0 Å². The second-order valence-corrected chi connectivity index (χ2v) is 6.91. The predicted octanol–water partition coefficient (Wildman–Crippen LogP) is 3.02. The quantitative estimate of drug-likeness (QED) is 0.705. The Labute approximate surface area is 146 Å². The number of nitrogens with one attached hydrogen (secondary N) is 1. The van der Waals surface area contributed by atoms with Crippen molar-refractivity contribution in [3.8, 4) is 0 Å². The molecular weight excluding hydrogens is 302 g/mol. The Balaban J connectivity index is 2.05. The first kappa shape index (κ1) is 18.9. The molecule has 1 N–H and O–H groups in total. The van der Waals surface area contributed by atoms with Crippen molar-refractivity contribution in [2.24, 2.45) is 0 Å². The molecule has 136 valence electrons. The van der Waals surface area contributed by atoms with Crippen molar-refractivity contribution in [2.45, 2.75) is 77.8 Å². The van der Waals surface area contributed by atoms with Gasteiger partial charge in [-0.2, -0.15) is 0 Å². The van der Waals surface area contributed by atoms with Crippen LogP contribution in [0.5, 0.6) is 0 Å². The fourth-order valence-corrected chi connectivity index (χ4v) is 3.40. The minimum Gasteiger partial charge on any atom is -0.335 e. The van der Waals surface area contributed by atoms with Gasteiger partial charge in [0.1, 0.15) is 0 Å². The molecule has 2 heterocycles. The molecule has 6 nitrogen and oxygen atoms in total. The number of unbranched alkanes of at least 4 members (excludes halogenated alkanes) is 2. The Morgan fingerprint density at radius 3 is 2.75 bits per heavy atom. The highest BCUT2D eigenvalue weighted by molar-refractivity contribution is 5.92. The van der Waals surface area contributed by atoms with E-state index in [0.29, 0.717) is 11.7 Å². The van der Waals surface area contributed by atoms with Gasteiger partial charge in [-0.05, 0) is 45.7 Å². The second kappa shape index (κ2) is 9.77. The molecule has 0 aromatic carbocycles. The van der Waals surface area contributed by atoms with Crippen LogP contribution in [0.15, 0.2) is 6.20 Å². The third kappa shape index (κ3) is 5.03. The number of carbonyl (C=O) groups excluding carboxylic acids is 1. The number of hydrogen-bond donors (Lipinski definition) is 1. The summed E-state index contributed by atoms with van der Waals surface area (Å²) in [4.78, 5) is 14.9. The van der Waals surface area contributed by atoms with Crippen LogP contribution in [-0.4, -0.2) is 51.5 Å². The van der Waals surface area contributed by atoms with E-state index < -0.39 is 0 Å². The molecule has 0 saturated carbocycles. The van der Waals surface area contributed by atoms with Gasteiger partial charge in [0.05, 0.1) is 12.2 Å². The number of rotatable bonds is 9. The molecule has 1 aromatic rings. The third-order valence-corrected chi connectivity index (χ3v) is 4.91. The summed E-state index contributed by atoms with van der Waals surface area (Å²) < 4.78 is 1.89. The van der Waals surface area contributed by atoms with Crippen LogP contribution in [0.25, 0.3) is 0 Å². The summed E-state index contributed by atoms with van der Waals surface area (Å²) >= 11 is 0. The van der Waals surface area contributed by atoms with Crippen molar-refractivity contribution >= 4 is 5.91 Å². The molecule has 0 aliphatic carbocycles. The van der Waals surface area contributed by atoms with Crippen molar-refractivity contribution in [2.75, 3.05) is 19.6 Å². The molecule has 24 heavy (non-hydrogen) atoms. The van der Waals surface area contributed by atoms with E-state index in [-0.39, 0.29) is 11.9 Å². The van der Waals surface area contributed by atoms with E-state index in [1.54, 1.807) is 0 Å². The van der Waals surface area contributed by atoms with E-state index in [1.165, 1.54) is 0 Å². The average molecular weight is 335 g/mol. The van der Waals surface area contributed by atoms with E-state index >= 15 is 0 Å². The van der Waals surface area contributed by atoms with Crippen LogP contribution in [0.2, 0.25) is 0 Å². The molecule has 2 rings (SSSR count). The van der Waals surface area contributed by atoms with Gasteiger partial charge in [-0.15, -0.1) is 5.10 Å². The van der Waals surface area contributed by atoms with Crippen LogP contribution < -0.4 is 5.32 Å². The summed E-state index contributed by atoms with van der Waals surface area (Å²) in [5.41, 5.74) is 0.494. The van der Waals surface area contributed by atoms with E-state index in [2.05, 4.69) is 36.4 Å². The zero-order chi connectivity index (χ0) is 17.4. The number of hydrogen-bond acceptors (Lipinski definition) is 4. The van der Waals surface area contributed by atoms with Gasteiger partial charge < -0.3 is 10.2 Å². The maximum atomic E-state index is 12.9. The predicted molar refractivity (Wildman–Crippen MR) is 96.1 cm³/mol. The normalized spacial score (nSPS) is 17.0. The van der Waals surface area contributed by atoms with E-state index in [1.807, 2.05) is 15.8 Å². The molecule has 1 atom stereocenters. The highest BCUT2D eigenvalue weighted by Crippen LogP contribution is 2.18. The fourth-order valence-electron chi connectivity index (χ4n) is 3.40. The summed E-state index contributed by atoms with van der Waals surface area (Å²) in [6.45, 7) is 9.32. The summed E-state index contributed by atoms with van der Waals surface area (Å²) in [6, 6.07) is 0.616. The van der Waals surface area contributed by atoms with Gasteiger partial charge in [0.25, 0.3) is 5.91 Å². The molecular formula is C18H33N5O. The molecule has 1 fully saturated rings. The van der Waals surface area contributed by atoms with Crippen LogP contribution in [0.1, 0.15) is 82.2 Å². The van der Waals surface area contributed by atoms with Gasteiger partial charge in [-0.1, -0.05) is 38.3 Å². The second-order valence-electron chi connectivity index (χ2n) is 6.91. The molecule has 6 heteroatoms. The molecule has 0 radical (unpaired) electrons. The van der Waals surface area contributed by atoms with E-state index in [0.717, 1.165) is 64.6 Å². The lowest BCUT2D eigenvalue weighted by atomic mass is 10.1. The summed E-state index contributed by atoms with van der Waals surface area (Å²) in [5.74, 6) is 0.0345. The molecule has 0 bridgehead atoms. The van der Waals surface area contributed by atoms with Gasteiger partial charge in [0, 0.05) is 12.6 Å². The summed E-state index contributed by atoms with van der Waals surface area (Å²) in [7, 11) is 0. The van der Waals surface area contributed by atoms with Gasteiger partial charge in [-0.3, -0.25) is 4.79 Å². The topological polar surface area (TPSA) is 63.1 Å². The Kier molecular flexibility index (Phi) is 7.69. The number of carbonyl (C=O) groups is 1. The molecule has 0 spiro atoms. The van der Waals surface area contributed by atoms with Crippen LogP contribution in [0.3, 0.4) is 0 Å². The van der Waals surface area contributed by atoms with Crippen LogP contribution >= 0.6 is 0 Å². The fraction of sp³-hybridized carbons (Fsp3) is 0.833. The molecule has 1 unspecified atom stereocenters. The maximum absolute atomic E-state index is 12.9.